The Kier molecular flexibility index (Phi) is 4.81. The summed E-state index contributed by atoms with van der Waals surface area (Å²) in [6.07, 6.45) is 3.47. The first-order chi connectivity index (χ1) is 10.4. The summed E-state index contributed by atoms with van der Waals surface area (Å²) in [4.78, 5) is 17.2. The smallest absolute Gasteiger partial charge is 0.306 e. The predicted molar refractivity (Wildman–Crippen MR) is 81.0 cm³/mol. The summed E-state index contributed by atoms with van der Waals surface area (Å²) in [5, 5.41) is 9.03. The average molecular weight is 323 g/mol. The number of H-pyrrole nitrogens is 1. The molecule has 0 aliphatic heterocycles. The monoisotopic (exact) mass is 323 g/mol. The molecule has 118 valence electrons. The number of aliphatic carboxylic acids is 1. The number of imidazole rings is 1. The first-order valence-electron chi connectivity index (χ1n) is 6.75. The number of nitrogens with zero attached hydrogens (tertiary/aromatic N) is 1. The molecule has 0 saturated heterocycles. The van der Waals surface area contributed by atoms with Gasteiger partial charge in [0.1, 0.15) is 0 Å². The summed E-state index contributed by atoms with van der Waals surface area (Å²) < 4.78 is 26.4. The third-order valence-corrected chi connectivity index (χ3v) is 4.60. The van der Waals surface area contributed by atoms with Crippen molar-refractivity contribution in [2.75, 3.05) is 4.72 Å². The number of aromatic amines is 1. The van der Waals surface area contributed by atoms with Crippen molar-refractivity contribution in [2.45, 2.75) is 24.8 Å². The highest BCUT2D eigenvalue weighted by molar-refractivity contribution is 7.92. The molecule has 0 amide bonds. The van der Waals surface area contributed by atoms with Gasteiger partial charge >= 0.3 is 5.97 Å². The lowest BCUT2D eigenvalue weighted by molar-refractivity contribution is -0.141. The van der Waals surface area contributed by atoms with Gasteiger partial charge in [0.2, 0.25) is 0 Å². The van der Waals surface area contributed by atoms with Gasteiger partial charge in [-0.1, -0.05) is 19.1 Å². The number of aromatic nitrogens is 2. The normalized spacial score (nSPS) is 12.8. The van der Waals surface area contributed by atoms with Gasteiger partial charge in [0.25, 0.3) is 10.0 Å². The number of rotatable bonds is 7. The fourth-order valence-corrected chi connectivity index (χ4v) is 2.96. The van der Waals surface area contributed by atoms with Crippen LogP contribution in [-0.2, 0) is 21.2 Å². The summed E-state index contributed by atoms with van der Waals surface area (Å²) in [6.45, 7) is 1.83. The molecule has 0 fully saturated rings. The Bertz CT molecular complexity index is 724. The van der Waals surface area contributed by atoms with E-state index in [9.17, 15) is 13.2 Å². The molecule has 1 heterocycles. The SMILES string of the molecule is CCC(Cc1ccc(NS(=O)(=O)c2cnc[nH]2)cc1)C(=O)O. The maximum atomic E-state index is 12.0. The van der Waals surface area contributed by atoms with Crippen LogP contribution >= 0.6 is 0 Å². The molecular formula is C14H17N3O4S. The zero-order chi connectivity index (χ0) is 16.2. The second-order valence-corrected chi connectivity index (χ2v) is 6.52. The van der Waals surface area contributed by atoms with Crippen LogP contribution in [0.1, 0.15) is 18.9 Å². The molecule has 0 saturated carbocycles. The van der Waals surface area contributed by atoms with Gasteiger partial charge < -0.3 is 10.1 Å². The second kappa shape index (κ2) is 6.61. The van der Waals surface area contributed by atoms with E-state index in [-0.39, 0.29) is 5.03 Å². The molecule has 0 bridgehead atoms. The highest BCUT2D eigenvalue weighted by atomic mass is 32.2. The molecule has 1 atom stereocenters. The lowest BCUT2D eigenvalue weighted by Crippen LogP contribution is -2.15. The Hall–Kier alpha value is -2.35. The number of nitrogens with one attached hydrogen (secondary N) is 2. The molecule has 7 nitrogen and oxygen atoms in total. The van der Waals surface area contributed by atoms with Crippen LogP contribution in [0.25, 0.3) is 0 Å². The minimum Gasteiger partial charge on any atom is -0.481 e. The Morgan fingerprint density at radius 1 is 1.36 bits per heavy atom. The van der Waals surface area contributed by atoms with E-state index >= 15 is 0 Å². The molecule has 0 aliphatic rings. The highest BCUT2D eigenvalue weighted by Gasteiger charge is 2.17. The fraction of sp³-hybridized carbons (Fsp3) is 0.286. The topological polar surface area (TPSA) is 112 Å². The van der Waals surface area contributed by atoms with Crippen LogP contribution in [-0.4, -0.2) is 29.5 Å². The lowest BCUT2D eigenvalue weighted by Gasteiger charge is -2.11. The molecule has 0 radical (unpaired) electrons. The molecule has 0 spiro atoms. The maximum Gasteiger partial charge on any atom is 0.306 e. The van der Waals surface area contributed by atoms with Gasteiger partial charge in [-0.25, -0.2) is 4.98 Å². The average Bonchev–Trinajstić information content (AvgIpc) is 3.01. The molecule has 22 heavy (non-hydrogen) atoms. The molecule has 8 heteroatoms. The third kappa shape index (κ3) is 3.85. The van der Waals surface area contributed by atoms with Gasteiger partial charge in [-0.2, -0.15) is 8.42 Å². The van der Waals surface area contributed by atoms with Gasteiger partial charge in [-0.05, 0) is 30.5 Å². The van der Waals surface area contributed by atoms with Crippen molar-refractivity contribution < 1.29 is 18.3 Å². The van der Waals surface area contributed by atoms with E-state index < -0.39 is 21.9 Å². The summed E-state index contributed by atoms with van der Waals surface area (Å²) >= 11 is 0. The molecule has 1 aromatic carbocycles. The highest BCUT2D eigenvalue weighted by Crippen LogP contribution is 2.18. The molecule has 3 N–H and O–H groups in total. The minimum atomic E-state index is -3.69. The van der Waals surface area contributed by atoms with E-state index in [2.05, 4.69) is 14.7 Å². The maximum absolute atomic E-state index is 12.0. The van der Waals surface area contributed by atoms with Gasteiger partial charge in [-0.15, -0.1) is 0 Å². The minimum absolute atomic E-state index is 0.0199. The molecule has 2 rings (SSSR count). The largest absolute Gasteiger partial charge is 0.481 e. The number of carbonyl (C=O) groups is 1. The number of benzene rings is 1. The Morgan fingerprint density at radius 2 is 2.05 bits per heavy atom. The van der Waals surface area contributed by atoms with Crippen molar-refractivity contribution in [3.8, 4) is 0 Å². The zero-order valence-electron chi connectivity index (χ0n) is 12.0. The number of sulfonamides is 1. The van der Waals surface area contributed by atoms with E-state index in [1.165, 1.54) is 12.5 Å². The summed E-state index contributed by atoms with van der Waals surface area (Å²) in [5.41, 5.74) is 1.25. The first kappa shape index (κ1) is 16.0. The quantitative estimate of drug-likeness (QED) is 0.720. The van der Waals surface area contributed by atoms with Crippen LogP contribution in [0.3, 0.4) is 0 Å². The van der Waals surface area contributed by atoms with E-state index in [1.54, 1.807) is 24.3 Å². The van der Waals surface area contributed by atoms with Crippen molar-refractivity contribution in [3.63, 3.8) is 0 Å². The summed E-state index contributed by atoms with van der Waals surface area (Å²) in [5.74, 6) is -1.26. The van der Waals surface area contributed by atoms with Crippen LogP contribution in [0.2, 0.25) is 0 Å². The summed E-state index contributed by atoms with van der Waals surface area (Å²) in [7, 11) is -3.69. The first-order valence-corrected chi connectivity index (χ1v) is 8.23. The van der Waals surface area contributed by atoms with E-state index in [0.29, 0.717) is 18.5 Å². The van der Waals surface area contributed by atoms with Crippen molar-refractivity contribution in [1.29, 1.82) is 0 Å². The third-order valence-electron chi connectivity index (χ3n) is 3.29. The lowest BCUT2D eigenvalue weighted by atomic mass is 9.97. The number of carboxylic acid groups (broad SMARTS) is 1. The van der Waals surface area contributed by atoms with E-state index in [4.69, 9.17) is 5.11 Å². The van der Waals surface area contributed by atoms with Crippen LogP contribution < -0.4 is 4.72 Å². The molecular weight excluding hydrogens is 306 g/mol. The van der Waals surface area contributed by atoms with Crippen molar-refractivity contribution >= 4 is 21.7 Å². The molecule has 1 aromatic heterocycles. The fourth-order valence-electron chi connectivity index (χ4n) is 2.00. The van der Waals surface area contributed by atoms with Gasteiger partial charge in [0, 0.05) is 5.69 Å². The summed E-state index contributed by atoms with van der Waals surface area (Å²) in [6, 6.07) is 6.66. The van der Waals surface area contributed by atoms with Crippen molar-refractivity contribution in [3.05, 3.63) is 42.4 Å². The van der Waals surface area contributed by atoms with Crippen molar-refractivity contribution in [2.24, 2.45) is 5.92 Å². The zero-order valence-corrected chi connectivity index (χ0v) is 12.8. The molecule has 0 aliphatic carbocycles. The standard InChI is InChI=1S/C14H17N3O4S/c1-2-11(14(18)19)7-10-3-5-12(6-4-10)17-22(20,21)13-8-15-9-16-13/h3-6,8-9,11,17H,2,7H2,1H3,(H,15,16)(H,18,19). The van der Waals surface area contributed by atoms with Gasteiger partial charge in [0.15, 0.2) is 5.03 Å². The van der Waals surface area contributed by atoms with Crippen LogP contribution in [0, 0.1) is 5.92 Å². The number of hydrogen-bond acceptors (Lipinski definition) is 4. The molecule has 1 unspecified atom stereocenters. The van der Waals surface area contributed by atoms with Crippen LogP contribution in [0.15, 0.2) is 41.8 Å². The number of hydrogen-bond donors (Lipinski definition) is 3. The number of carboxylic acids is 1. The Labute approximate surface area is 128 Å². The van der Waals surface area contributed by atoms with Crippen molar-refractivity contribution in [1.82, 2.24) is 9.97 Å². The molecule has 2 aromatic rings. The van der Waals surface area contributed by atoms with E-state index in [0.717, 1.165) is 5.56 Å². The van der Waals surface area contributed by atoms with Gasteiger partial charge in [-0.3, -0.25) is 9.52 Å². The van der Waals surface area contributed by atoms with E-state index in [1.807, 2.05) is 6.92 Å². The Balaban J connectivity index is 2.08. The van der Waals surface area contributed by atoms with Gasteiger partial charge in [0.05, 0.1) is 18.4 Å². The predicted octanol–water partition coefficient (Wildman–Crippen LogP) is 1.86. The second-order valence-electron chi connectivity index (χ2n) is 4.87. The van der Waals surface area contributed by atoms with Crippen LogP contribution in [0.5, 0.6) is 0 Å². The number of anilines is 1. The van der Waals surface area contributed by atoms with Crippen LogP contribution in [0.4, 0.5) is 5.69 Å². The Morgan fingerprint density at radius 3 is 2.55 bits per heavy atom.